The number of hydrogen-bond acceptors (Lipinski definition) is 5. The summed E-state index contributed by atoms with van der Waals surface area (Å²) in [4.78, 5) is 14.2. The first-order valence-corrected chi connectivity index (χ1v) is 10.2. The maximum atomic E-state index is 12.4. The number of carboxylic acid groups (broad SMARTS) is 1. The lowest BCUT2D eigenvalue weighted by Crippen LogP contribution is -2.44. The number of hydrogen-bond donors (Lipinski definition) is 2. The Bertz CT molecular complexity index is 967. The summed E-state index contributed by atoms with van der Waals surface area (Å²) in [6, 6.07) is 23.2. The number of nitrogens with zero attached hydrogens (tertiary/aromatic N) is 1. The lowest BCUT2D eigenvalue weighted by molar-refractivity contribution is -0.149. The fourth-order valence-corrected chi connectivity index (χ4v) is 3.81. The molecule has 0 amide bonds. The van der Waals surface area contributed by atoms with Crippen LogP contribution >= 0.6 is 0 Å². The summed E-state index contributed by atoms with van der Waals surface area (Å²) in [5, 5.41) is 21.3. The fraction of sp³-hybridized carbons (Fsp3) is 0.240. The van der Waals surface area contributed by atoms with E-state index in [4.69, 9.17) is 9.47 Å². The third-order valence-electron chi connectivity index (χ3n) is 5.31. The first-order valence-electron chi connectivity index (χ1n) is 10.2. The van der Waals surface area contributed by atoms with E-state index in [2.05, 4.69) is 0 Å². The summed E-state index contributed by atoms with van der Waals surface area (Å²) in [6.45, 7) is 1.65. The Morgan fingerprint density at radius 1 is 0.839 bits per heavy atom. The molecule has 1 aliphatic heterocycles. The molecule has 6 heteroatoms. The zero-order chi connectivity index (χ0) is 21.6. The molecule has 1 heterocycles. The van der Waals surface area contributed by atoms with Gasteiger partial charge in [-0.25, -0.2) is 0 Å². The van der Waals surface area contributed by atoms with Gasteiger partial charge in [-0.2, -0.15) is 0 Å². The number of ether oxygens (including phenoxy) is 2. The molecule has 0 aromatic heterocycles. The van der Waals surface area contributed by atoms with E-state index >= 15 is 0 Å². The van der Waals surface area contributed by atoms with Crippen LogP contribution in [0.15, 0.2) is 78.9 Å². The van der Waals surface area contributed by atoms with Gasteiger partial charge in [0, 0.05) is 13.1 Å². The lowest BCUT2D eigenvalue weighted by atomic mass is 9.98. The highest BCUT2D eigenvalue weighted by atomic mass is 16.6. The second-order valence-electron chi connectivity index (χ2n) is 7.51. The van der Waals surface area contributed by atoms with Crippen LogP contribution < -0.4 is 9.47 Å². The highest BCUT2D eigenvalue weighted by molar-refractivity contribution is 5.74. The van der Waals surface area contributed by atoms with Crippen molar-refractivity contribution in [3.8, 4) is 11.5 Å². The lowest BCUT2D eigenvalue weighted by Gasteiger charge is -2.32. The number of rotatable bonds is 8. The Kier molecular flexibility index (Phi) is 6.50. The van der Waals surface area contributed by atoms with Crippen LogP contribution in [0.25, 0.3) is 0 Å². The predicted octanol–water partition coefficient (Wildman–Crippen LogP) is 3.65. The largest absolute Gasteiger partial charge is 0.486 e. The van der Waals surface area contributed by atoms with Gasteiger partial charge in [0.15, 0.2) is 11.5 Å². The summed E-state index contributed by atoms with van der Waals surface area (Å²) >= 11 is 0. The Morgan fingerprint density at radius 3 is 1.94 bits per heavy atom. The molecule has 2 N–H and O–H groups in total. The van der Waals surface area contributed by atoms with Crippen molar-refractivity contribution in [2.24, 2.45) is 0 Å². The number of aliphatic hydroxyl groups excluding tert-OH is 1. The van der Waals surface area contributed by atoms with Gasteiger partial charge in [-0.05, 0) is 28.8 Å². The first kappa shape index (κ1) is 20.9. The van der Waals surface area contributed by atoms with Crippen LogP contribution in [0.2, 0.25) is 0 Å². The van der Waals surface area contributed by atoms with E-state index in [1.165, 1.54) is 0 Å². The standard InChI is InChI=1S/C25H25NO5/c27-24(20-11-12-21-22(15-20)31-14-13-30-21)23(25(28)29)26(16-18-7-3-1-4-8-18)17-19-9-5-2-6-10-19/h1-12,15,23-24,27H,13-14,16-17H2,(H,28,29)/t23-,24+/m0/s1. The van der Waals surface area contributed by atoms with E-state index in [0.717, 1.165) is 11.1 Å². The molecular formula is C25H25NO5. The molecule has 3 aromatic rings. The monoisotopic (exact) mass is 419 g/mol. The second kappa shape index (κ2) is 9.64. The van der Waals surface area contributed by atoms with E-state index in [1.807, 2.05) is 60.7 Å². The van der Waals surface area contributed by atoms with Crippen LogP contribution in [0.1, 0.15) is 22.8 Å². The zero-order valence-corrected chi connectivity index (χ0v) is 17.1. The molecule has 160 valence electrons. The van der Waals surface area contributed by atoms with Crippen molar-refractivity contribution in [2.45, 2.75) is 25.2 Å². The molecule has 0 unspecified atom stereocenters. The fourth-order valence-electron chi connectivity index (χ4n) is 3.81. The van der Waals surface area contributed by atoms with E-state index in [-0.39, 0.29) is 0 Å². The second-order valence-corrected chi connectivity index (χ2v) is 7.51. The highest BCUT2D eigenvalue weighted by Gasteiger charge is 2.34. The minimum Gasteiger partial charge on any atom is -0.486 e. The molecule has 0 fully saturated rings. The quantitative estimate of drug-likeness (QED) is 0.580. The van der Waals surface area contributed by atoms with Crippen LogP contribution in [0, 0.1) is 0 Å². The zero-order valence-electron chi connectivity index (χ0n) is 17.1. The molecule has 2 atom stereocenters. The van der Waals surface area contributed by atoms with Gasteiger partial charge in [-0.15, -0.1) is 0 Å². The number of aliphatic carboxylic acids is 1. The summed E-state index contributed by atoms with van der Waals surface area (Å²) in [6.07, 6.45) is -1.25. The summed E-state index contributed by atoms with van der Waals surface area (Å²) in [5.41, 5.74) is 2.42. The van der Waals surface area contributed by atoms with Gasteiger partial charge in [0.1, 0.15) is 25.4 Å². The normalized spacial score (nSPS) is 14.8. The van der Waals surface area contributed by atoms with Gasteiger partial charge in [0.05, 0.1) is 0 Å². The van der Waals surface area contributed by atoms with Gasteiger partial charge in [0.2, 0.25) is 0 Å². The van der Waals surface area contributed by atoms with Crippen molar-refractivity contribution in [3.05, 3.63) is 95.6 Å². The summed E-state index contributed by atoms with van der Waals surface area (Å²) < 4.78 is 11.1. The minimum atomic E-state index is -1.25. The number of fused-ring (bicyclic) bond motifs is 1. The third-order valence-corrected chi connectivity index (χ3v) is 5.31. The molecule has 1 aliphatic rings. The molecule has 0 saturated heterocycles. The summed E-state index contributed by atoms with van der Waals surface area (Å²) in [5.74, 6) is 0.0263. The molecule has 6 nitrogen and oxygen atoms in total. The first-order chi connectivity index (χ1) is 15.1. The maximum Gasteiger partial charge on any atom is 0.324 e. The van der Waals surface area contributed by atoms with Crippen LogP contribution in [0.3, 0.4) is 0 Å². The molecule has 0 spiro atoms. The van der Waals surface area contributed by atoms with E-state index in [0.29, 0.717) is 43.4 Å². The molecule has 0 radical (unpaired) electrons. The molecule has 31 heavy (non-hydrogen) atoms. The third kappa shape index (κ3) is 5.05. The predicted molar refractivity (Wildman–Crippen MR) is 116 cm³/mol. The van der Waals surface area contributed by atoms with Crippen molar-refractivity contribution < 1.29 is 24.5 Å². The van der Waals surface area contributed by atoms with Crippen LogP contribution in [0.5, 0.6) is 11.5 Å². The number of carboxylic acids is 1. The Hall–Kier alpha value is -3.35. The molecular weight excluding hydrogens is 394 g/mol. The van der Waals surface area contributed by atoms with E-state index < -0.39 is 18.1 Å². The van der Waals surface area contributed by atoms with Crippen molar-refractivity contribution in [3.63, 3.8) is 0 Å². The van der Waals surface area contributed by atoms with Crippen molar-refractivity contribution in [1.82, 2.24) is 4.90 Å². The molecule has 0 bridgehead atoms. The van der Waals surface area contributed by atoms with Gasteiger partial charge >= 0.3 is 5.97 Å². The van der Waals surface area contributed by atoms with Crippen LogP contribution in [-0.2, 0) is 17.9 Å². The van der Waals surface area contributed by atoms with Crippen molar-refractivity contribution in [1.29, 1.82) is 0 Å². The number of aliphatic hydroxyl groups is 1. The number of benzene rings is 3. The molecule has 4 rings (SSSR count). The average molecular weight is 419 g/mol. The Labute approximate surface area is 181 Å². The topological polar surface area (TPSA) is 79.2 Å². The smallest absolute Gasteiger partial charge is 0.324 e. The number of carbonyl (C=O) groups is 1. The molecule has 0 aliphatic carbocycles. The van der Waals surface area contributed by atoms with Crippen molar-refractivity contribution in [2.75, 3.05) is 13.2 Å². The Morgan fingerprint density at radius 2 is 1.39 bits per heavy atom. The highest BCUT2D eigenvalue weighted by Crippen LogP contribution is 2.34. The van der Waals surface area contributed by atoms with Gasteiger partial charge < -0.3 is 19.7 Å². The van der Waals surface area contributed by atoms with Crippen LogP contribution in [-0.4, -0.2) is 40.3 Å². The molecule has 3 aromatic carbocycles. The van der Waals surface area contributed by atoms with Gasteiger partial charge in [-0.1, -0.05) is 66.7 Å². The average Bonchev–Trinajstić information content (AvgIpc) is 2.80. The van der Waals surface area contributed by atoms with Crippen LogP contribution in [0.4, 0.5) is 0 Å². The van der Waals surface area contributed by atoms with E-state index in [1.54, 1.807) is 23.1 Å². The minimum absolute atomic E-state index is 0.383. The maximum absolute atomic E-state index is 12.4. The van der Waals surface area contributed by atoms with Crippen molar-refractivity contribution >= 4 is 5.97 Å². The van der Waals surface area contributed by atoms with Gasteiger partial charge in [0.25, 0.3) is 0 Å². The van der Waals surface area contributed by atoms with Gasteiger partial charge in [-0.3, -0.25) is 9.69 Å². The summed E-state index contributed by atoms with van der Waals surface area (Å²) in [7, 11) is 0. The Balaban J connectivity index is 1.66. The molecule has 0 saturated carbocycles. The van der Waals surface area contributed by atoms with E-state index in [9.17, 15) is 15.0 Å². The SMILES string of the molecule is O=C(O)[C@H]([C@H](O)c1ccc2c(c1)OCCO2)N(Cc1ccccc1)Cc1ccccc1.